The lowest BCUT2D eigenvalue weighted by molar-refractivity contribution is -0.140. The summed E-state index contributed by atoms with van der Waals surface area (Å²) in [6, 6.07) is 9.50. The van der Waals surface area contributed by atoms with E-state index in [1.807, 2.05) is 24.4 Å². The topological polar surface area (TPSA) is 188 Å². The number of aromatic nitrogens is 3. The highest BCUT2D eigenvalue weighted by atomic mass is 32.1. The molecule has 68 heavy (non-hydrogen) atoms. The van der Waals surface area contributed by atoms with Gasteiger partial charge in [-0.25, -0.2) is 4.39 Å². The molecule has 1 aromatic carbocycles. The summed E-state index contributed by atoms with van der Waals surface area (Å²) in [5, 5.41) is 23.4. The minimum atomic E-state index is -0.781. The molecule has 4 aromatic heterocycles. The number of benzene rings is 1. The van der Waals surface area contributed by atoms with Gasteiger partial charge in [-0.1, -0.05) is 19.3 Å². The summed E-state index contributed by atoms with van der Waals surface area (Å²) in [5.41, 5.74) is 1.67. The number of nitrogens with zero attached hydrogens (tertiary/aromatic N) is 7. The third kappa shape index (κ3) is 10.5. The van der Waals surface area contributed by atoms with Crippen molar-refractivity contribution in [3.63, 3.8) is 0 Å². The fraction of sp³-hybridized carbons (Fsp3) is 0.551. The minimum absolute atomic E-state index is 0.0360. The van der Waals surface area contributed by atoms with Gasteiger partial charge in [-0.2, -0.15) is 0 Å². The Morgan fingerprint density at radius 1 is 0.985 bits per heavy atom. The van der Waals surface area contributed by atoms with Gasteiger partial charge >= 0.3 is 0 Å². The normalized spacial score (nSPS) is 21.9. The SMILES string of the molecule is CN[C@@H](C)C(=O)N[C@H](C(=O)N1CCN(C(=O)c2cc3cc(F)ccc3n2CC(=O)N2C[C@@H](O)C[C@H]2COc2cc(CN3CCC(Oc4ccnc5ccsc45)CC3)on2)[C@@H](C)C1)C1CCCCC1. The second kappa shape index (κ2) is 20.9. The van der Waals surface area contributed by atoms with Gasteiger partial charge in [0.05, 0.1) is 34.9 Å². The van der Waals surface area contributed by atoms with Crippen LogP contribution in [0.1, 0.15) is 81.5 Å². The summed E-state index contributed by atoms with van der Waals surface area (Å²) >= 11 is 1.63. The molecule has 4 aliphatic rings. The first-order valence-corrected chi connectivity index (χ1v) is 24.9. The number of piperidine rings is 1. The summed E-state index contributed by atoms with van der Waals surface area (Å²) in [5.74, 6) is 0.312. The van der Waals surface area contributed by atoms with E-state index in [9.17, 15) is 28.7 Å². The quantitative estimate of drug-likeness (QED) is 0.130. The van der Waals surface area contributed by atoms with Crippen molar-refractivity contribution in [3.8, 4) is 11.6 Å². The summed E-state index contributed by atoms with van der Waals surface area (Å²) < 4.78 is 35.4. The standard InChI is InChI=1S/C49H62FN9O8S/c1-30-25-56(49(64)45(32-7-5-4-6-8-32)53-47(62)31(2)51-3)18-19-57(30)48(63)41-22-33-21-34(50)9-10-40(33)59(41)28-44(61)58-26-36(60)23-35(58)29-65-43-24-38(67-54-43)27-55-16-12-37(13-17-55)66-42-11-15-52-39-14-20-68-46(39)42/h9-11,14-15,20-22,24,30-32,35-37,45,51,60H,4-8,12-13,16-19,23,25-29H2,1-3H3,(H,53,62)/t30-,31-,35-,36-,45-/m0/s1. The van der Waals surface area contributed by atoms with Crippen molar-refractivity contribution < 1.29 is 42.7 Å². The van der Waals surface area contributed by atoms with E-state index in [1.165, 1.54) is 12.1 Å². The predicted octanol–water partition coefficient (Wildman–Crippen LogP) is 4.81. The third-order valence-corrected chi connectivity index (χ3v) is 15.2. The Labute approximate surface area is 398 Å². The highest BCUT2D eigenvalue weighted by molar-refractivity contribution is 7.17. The largest absolute Gasteiger partial charge is 0.489 e. The van der Waals surface area contributed by atoms with Crippen LogP contribution >= 0.6 is 11.3 Å². The molecular formula is C49H62FN9O8S. The fourth-order valence-corrected chi connectivity index (χ4v) is 11.2. The molecule has 3 aliphatic heterocycles. The number of hydrogen-bond donors (Lipinski definition) is 3. The van der Waals surface area contributed by atoms with Crippen LogP contribution in [0.15, 0.2) is 58.6 Å². The summed E-state index contributed by atoms with van der Waals surface area (Å²) in [6.07, 6.45) is 7.97. The molecule has 1 saturated carbocycles. The van der Waals surface area contributed by atoms with E-state index in [0.29, 0.717) is 23.2 Å². The zero-order valence-corrected chi connectivity index (χ0v) is 39.8. The first-order valence-electron chi connectivity index (χ1n) is 24.1. The van der Waals surface area contributed by atoms with Crippen molar-refractivity contribution in [2.45, 2.75) is 115 Å². The number of rotatable bonds is 15. The Morgan fingerprint density at radius 3 is 2.57 bits per heavy atom. The lowest BCUT2D eigenvalue weighted by Crippen LogP contribution is -2.61. The van der Waals surface area contributed by atoms with Gasteiger partial charge in [-0.05, 0) is 106 Å². The maximum Gasteiger partial charge on any atom is 0.270 e. The number of nitrogens with one attached hydrogen (secondary N) is 2. The Bertz CT molecular complexity index is 2590. The molecule has 3 saturated heterocycles. The average molecular weight is 956 g/mol. The number of piperazine rings is 1. The summed E-state index contributed by atoms with van der Waals surface area (Å²) in [7, 11) is 1.71. The molecule has 9 rings (SSSR count). The molecule has 7 heterocycles. The van der Waals surface area contributed by atoms with E-state index in [2.05, 4.69) is 25.7 Å². The maximum atomic E-state index is 14.6. The number of β-amino-alcohol motifs (C(OH)–C–C–N with tert-alkyl or cyclic N) is 1. The number of aliphatic hydroxyl groups excluding tert-OH is 1. The highest BCUT2D eigenvalue weighted by Crippen LogP contribution is 2.33. The van der Waals surface area contributed by atoms with Crippen molar-refractivity contribution in [3.05, 3.63) is 71.3 Å². The molecule has 4 amide bonds. The zero-order chi connectivity index (χ0) is 47.5. The number of likely N-dealkylation sites (tertiary alicyclic amines) is 2. The predicted molar refractivity (Wildman–Crippen MR) is 253 cm³/mol. The minimum Gasteiger partial charge on any atom is -0.489 e. The molecule has 0 radical (unpaired) electrons. The number of aliphatic hydroxyl groups is 1. The second-order valence-electron chi connectivity index (χ2n) is 18.9. The Kier molecular flexibility index (Phi) is 14.6. The van der Waals surface area contributed by atoms with Gasteiger partial charge in [0.15, 0.2) is 5.76 Å². The number of halogens is 1. The zero-order valence-electron chi connectivity index (χ0n) is 39.0. The van der Waals surface area contributed by atoms with E-state index in [-0.39, 0.29) is 93.0 Å². The van der Waals surface area contributed by atoms with Crippen molar-refractivity contribution in [2.75, 3.05) is 52.9 Å². The van der Waals surface area contributed by atoms with Crippen LogP contribution in [0, 0.1) is 11.7 Å². The molecule has 4 fully saturated rings. The van der Waals surface area contributed by atoms with Gasteiger partial charge in [-0.3, -0.25) is 29.1 Å². The Hall–Kier alpha value is -5.63. The van der Waals surface area contributed by atoms with Gasteiger partial charge in [0.25, 0.3) is 11.8 Å². The van der Waals surface area contributed by atoms with E-state index >= 15 is 0 Å². The summed E-state index contributed by atoms with van der Waals surface area (Å²) in [4.78, 5) is 67.7. The van der Waals surface area contributed by atoms with Crippen LogP contribution in [0.5, 0.6) is 11.6 Å². The van der Waals surface area contributed by atoms with Crippen molar-refractivity contribution in [2.24, 2.45) is 5.92 Å². The van der Waals surface area contributed by atoms with Gasteiger partial charge in [0.1, 0.15) is 42.6 Å². The van der Waals surface area contributed by atoms with Gasteiger partial charge in [0, 0.05) is 68.5 Å². The Balaban J connectivity index is 0.815. The number of carbonyl (C=O) groups is 4. The molecular weight excluding hydrogens is 894 g/mol. The second-order valence-corrected chi connectivity index (χ2v) is 19.8. The number of ether oxygens (including phenoxy) is 2. The number of thiophene rings is 1. The fourth-order valence-electron chi connectivity index (χ4n) is 10.4. The van der Waals surface area contributed by atoms with E-state index < -0.39 is 36.1 Å². The number of pyridine rings is 1. The van der Waals surface area contributed by atoms with Crippen LogP contribution in [0.2, 0.25) is 0 Å². The van der Waals surface area contributed by atoms with Crippen molar-refractivity contribution in [1.29, 1.82) is 0 Å². The number of fused-ring (bicyclic) bond motifs is 2. The van der Waals surface area contributed by atoms with E-state index in [0.717, 1.165) is 74.0 Å². The number of amides is 4. The maximum absolute atomic E-state index is 14.6. The van der Waals surface area contributed by atoms with Gasteiger partial charge in [0.2, 0.25) is 17.7 Å². The van der Waals surface area contributed by atoms with E-state index in [1.54, 1.807) is 69.0 Å². The third-order valence-electron chi connectivity index (χ3n) is 14.3. The first kappa shape index (κ1) is 47.4. The van der Waals surface area contributed by atoms with E-state index in [4.69, 9.17) is 14.0 Å². The smallest absolute Gasteiger partial charge is 0.270 e. The van der Waals surface area contributed by atoms with Crippen molar-refractivity contribution in [1.82, 2.24) is 44.9 Å². The molecule has 364 valence electrons. The van der Waals surface area contributed by atoms with Crippen LogP contribution < -0.4 is 20.1 Å². The molecule has 5 aromatic rings. The molecule has 0 bridgehead atoms. The van der Waals surface area contributed by atoms with Crippen LogP contribution in [0.25, 0.3) is 21.1 Å². The molecule has 17 nitrogen and oxygen atoms in total. The number of hydrogen-bond acceptors (Lipinski definition) is 13. The van der Waals surface area contributed by atoms with Crippen LogP contribution in [-0.2, 0) is 27.5 Å². The molecule has 5 atom stereocenters. The molecule has 0 spiro atoms. The van der Waals surface area contributed by atoms with Gasteiger partial charge < -0.3 is 49.0 Å². The average Bonchev–Trinajstić information content (AvgIpc) is 4.17. The van der Waals surface area contributed by atoms with Crippen LogP contribution in [-0.4, -0.2) is 152 Å². The van der Waals surface area contributed by atoms with Crippen molar-refractivity contribution >= 4 is 56.1 Å². The number of likely N-dealkylation sites (N-methyl/N-ethyl adjacent to an activating group) is 1. The monoisotopic (exact) mass is 955 g/mol. The summed E-state index contributed by atoms with van der Waals surface area (Å²) in [6.45, 7) is 6.52. The number of carbonyl (C=O) groups excluding carboxylic acids is 4. The molecule has 1 aliphatic carbocycles. The Morgan fingerprint density at radius 2 is 1.79 bits per heavy atom. The van der Waals surface area contributed by atoms with Crippen LogP contribution in [0.4, 0.5) is 4.39 Å². The lowest BCUT2D eigenvalue weighted by atomic mass is 9.83. The van der Waals surface area contributed by atoms with Crippen LogP contribution in [0.3, 0.4) is 0 Å². The highest BCUT2D eigenvalue weighted by Gasteiger charge is 2.40. The lowest BCUT2D eigenvalue weighted by Gasteiger charge is -2.42. The van der Waals surface area contributed by atoms with Gasteiger partial charge in [-0.15, -0.1) is 11.3 Å². The molecule has 0 unspecified atom stereocenters. The molecule has 19 heteroatoms. The molecule has 3 N–H and O–H groups in total. The first-order chi connectivity index (χ1) is 32.9.